The highest BCUT2D eigenvalue weighted by atomic mass is 16.2. The van der Waals surface area contributed by atoms with E-state index in [0.717, 1.165) is 19.5 Å². The minimum absolute atomic E-state index is 0.0301. The van der Waals surface area contributed by atoms with Gasteiger partial charge < -0.3 is 15.1 Å². The number of hydrogen-bond donors (Lipinski definition) is 1. The maximum absolute atomic E-state index is 12.2. The van der Waals surface area contributed by atoms with Gasteiger partial charge in [0, 0.05) is 58.0 Å². The highest BCUT2D eigenvalue weighted by molar-refractivity contribution is 5.79. The molecule has 1 aromatic rings. The van der Waals surface area contributed by atoms with Gasteiger partial charge in [-0.3, -0.25) is 9.59 Å². The lowest BCUT2D eigenvalue weighted by Gasteiger charge is -2.34. The van der Waals surface area contributed by atoms with Crippen molar-refractivity contribution >= 4 is 17.8 Å². The minimum Gasteiger partial charge on any atom is -0.356 e. The second kappa shape index (κ2) is 9.20. The first-order valence-corrected chi connectivity index (χ1v) is 8.62. The van der Waals surface area contributed by atoms with Crippen LogP contribution in [0.2, 0.25) is 0 Å². The fraction of sp³-hybridized carbons (Fsp3) is 0.647. The van der Waals surface area contributed by atoms with Crippen LogP contribution in [0.1, 0.15) is 33.1 Å². The molecule has 24 heavy (non-hydrogen) atoms. The Hall–Kier alpha value is -2.18. The average molecular weight is 333 g/mol. The van der Waals surface area contributed by atoms with Crippen molar-refractivity contribution in [2.75, 3.05) is 37.6 Å². The van der Waals surface area contributed by atoms with Crippen LogP contribution < -0.4 is 10.2 Å². The van der Waals surface area contributed by atoms with Crippen LogP contribution in [-0.4, -0.2) is 59.4 Å². The normalized spacial score (nSPS) is 14.8. The molecule has 1 N–H and O–H groups in total. The van der Waals surface area contributed by atoms with E-state index < -0.39 is 0 Å². The zero-order chi connectivity index (χ0) is 17.4. The van der Waals surface area contributed by atoms with Gasteiger partial charge in [-0.1, -0.05) is 13.8 Å². The van der Waals surface area contributed by atoms with E-state index in [1.165, 1.54) is 0 Å². The zero-order valence-corrected chi connectivity index (χ0v) is 14.6. The van der Waals surface area contributed by atoms with Gasteiger partial charge in [0.1, 0.15) is 0 Å². The maximum Gasteiger partial charge on any atom is 0.225 e. The number of rotatable bonds is 7. The Bertz CT molecular complexity index is 527. The molecule has 0 unspecified atom stereocenters. The van der Waals surface area contributed by atoms with Gasteiger partial charge in [0.15, 0.2) is 0 Å². The Kier molecular flexibility index (Phi) is 6.96. The monoisotopic (exact) mass is 333 g/mol. The molecule has 0 aromatic carbocycles. The maximum atomic E-state index is 12.2. The van der Waals surface area contributed by atoms with Gasteiger partial charge in [-0.2, -0.15) is 0 Å². The third kappa shape index (κ3) is 5.79. The molecule has 132 valence electrons. The summed E-state index contributed by atoms with van der Waals surface area (Å²) >= 11 is 0. The molecule has 0 bridgehead atoms. The molecule has 1 aliphatic rings. The van der Waals surface area contributed by atoms with Gasteiger partial charge in [-0.15, -0.1) is 0 Å². The first-order valence-electron chi connectivity index (χ1n) is 8.62. The molecule has 7 heteroatoms. The standard InChI is InChI=1S/C17H27N5O2/c1-14(2)4-5-15(23)18-9-6-16(24)21-10-12-22(13-11-21)17-19-7-3-8-20-17/h3,7-8,14H,4-6,9-13H2,1-2H3,(H,18,23). The number of hydrogen-bond acceptors (Lipinski definition) is 5. The summed E-state index contributed by atoms with van der Waals surface area (Å²) in [6.45, 7) is 7.40. The molecule has 0 atom stereocenters. The summed E-state index contributed by atoms with van der Waals surface area (Å²) in [5.41, 5.74) is 0. The Balaban J connectivity index is 1.65. The number of carbonyl (C=O) groups excluding carboxylic acids is 2. The van der Waals surface area contributed by atoms with Crippen molar-refractivity contribution in [3.05, 3.63) is 18.5 Å². The molecule has 0 saturated carbocycles. The van der Waals surface area contributed by atoms with Crippen LogP contribution in [0, 0.1) is 5.92 Å². The van der Waals surface area contributed by atoms with Crippen molar-refractivity contribution in [2.45, 2.75) is 33.1 Å². The fourth-order valence-electron chi connectivity index (χ4n) is 2.59. The van der Waals surface area contributed by atoms with E-state index in [9.17, 15) is 9.59 Å². The summed E-state index contributed by atoms with van der Waals surface area (Å²) in [6.07, 6.45) is 5.21. The van der Waals surface area contributed by atoms with Crippen molar-refractivity contribution < 1.29 is 9.59 Å². The molecule has 0 radical (unpaired) electrons. The first kappa shape index (κ1) is 18.2. The second-order valence-electron chi connectivity index (χ2n) is 6.45. The molecule has 2 amide bonds. The second-order valence-corrected chi connectivity index (χ2v) is 6.45. The quantitative estimate of drug-likeness (QED) is 0.807. The molecule has 2 heterocycles. The summed E-state index contributed by atoms with van der Waals surface area (Å²) in [6, 6.07) is 1.79. The molecular formula is C17H27N5O2. The van der Waals surface area contributed by atoms with Crippen molar-refractivity contribution in [3.8, 4) is 0 Å². The summed E-state index contributed by atoms with van der Waals surface area (Å²) in [4.78, 5) is 36.3. The molecule has 1 fully saturated rings. The van der Waals surface area contributed by atoms with Gasteiger partial charge in [0.25, 0.3) is 0 Å². The first-order chi connectivity index (χ1) is 11.6. The van der Waals surface area contributed by atoms with E-state index in [2.05, 4.69) is 34.0 Å². The molecule has 1 aliphatic heterocycles. The van der Waals surface area contributed by atoms with E-state index in [4.69, 9.17) is 0 Å². The lowest BCUT2D eigenvalue weighted by molar-refractivity contribution is -0.131. The van der Waals surface area contributed by atoms with E-state index in [-0.39, 0.29) is 11.8 Å². The SMILES string of the molecule is CC(C)CCC(=O)NCCC(=O)N1CCN(c2ncccn2)CC1. The zero-order valence-electron chi connectivity index (χ0n) is 14.6. The van der Waals surface area contributed by atoms with Crippen molar-refractivity contribution in [1.29, 1.82) is 0 Å². The smallest absolute Gasteiger partial charge is 0.225 e. The van der Waals surface area contributed by atoms with Crippen molar-refractivity contribution in [3.63, 3.8) is 0 Å². The topological polar surface area (TPSA) is 78.4 Å². The van der Waals surface area contributed by atoms with Crippen LogP contribution in [0.5, 0.6) is 0 Å². The lowest BCUT2D eigenvalue weighted by atomic mass is 10.1. The van der Waals surface area contributed by atoms with Gasteiger partial charge in [-0.25, -0.2) is 9.97 Å². The third-order valence-corrected chi connectivity index (χ3v) is 4.08. The molecular weight excluding hydrogens is 306 g/mol. The van der Waals surface area contributed by atoms with E-state index in [1.807, 2.05) is 4.90 Å². The Morgan fingerprint density at radius 3 is 2.42 bits per heavy atom. The predicted octanol–water partition coefficient (Wildman–Crippen LogP) is 1.07. The minimum atomic E-state index is 0.0301. The molecule has 2 rings (SSSR count). The third-order valence-electron chi connectivity index (χ3n) is 4.08. The van der Waals surface area contributed by atoms with Crippen molar-refractivity contribution in [1.82, 2.24) is 20.2 Å². The van der Waals surface area contributed by atoms with E-state index in [1.54, 1.807) is 18.5 Å². The van der Waals surface area contributed by atoms with Gasteiger partial charge in [0.05, 0.1) is 0 Å². The summed E-state index contributed by atoms with van der Waals surface area (Å²) < 4.78 is 0. The number of piperazine rings is 1. The Morgan fingerprint density at radius 1 is 1.12 bits per heavy atom. The molecule has 0 spiro atoms. The highest BCUT2D eigenvalue weighted by Crippen LogP contribution is 2.10. The molecule has 1 aromatic heterocycles. The lowest BCUT2D eigenvalue weighted by Crippen LogP contribution is -2.49. The van der Waals surface area contributed by atoms with Crippen LogP contribution in [-0.2, 0) is 9.59 Å². The summed E-state index contributed by atoms with van der Waals surface area (Å²) in [7, 11) is 0. The van der Waals surface area contributed by atoms with Gasteiger partial charge in [-0.05, 0) is 18.4 Å². The number of nitrogens with one attached hydrogen (secondary N) is 1. The molecule has 7 nitrogen and oxygen atoms in total. The van der Waals surface area contributed by atoms with Crippen molar-refractivity contribution in [2.24, 2.45) is 5.92 Å². The average Bonchev–Trinajstić information content (AvgIpc) is 2.61. The number of nitrogens with zero attached hydrogens (tertiary/aromatic N) is 4. The summed E-state index contributed by atoms with van der Waals surface area (Å²) in [5, 5.41) is 2.83. The van der Waals surface area contributed by atoms with Crippen LogP contribution in [0.4, 0.5) is 5.95 Å². The highest BCUT2D eigenvalue weighted by Gasteiger charge is 2.22. The van der Waals surface area contributed by atoms with Crippen LogP contribution in [0.3, 0.4) is 0 Å². The number of carbonyl (C=O) groups is 2. The van der Waals surface area contributed by atoms with Crippen LogP contribution in [0.25, 0.3) is 0 Å². The number of anilines is 1. The Morgan fingerprint density at radius 2 is 1.79 bits per heavy atom. The largest absolute Gasteiger partial charge is 0.356 e. The molecule has 0 aliphatic carbocycles. The Labute approximate surface area is 143 Å². The van der Waals surface area contributed by atoms with E-state index in [0.29, 0.717) is 44.3 Å². The van der Waals surface area contributed by atoms with Gasteiger partial charge >= 0.3 is 0 Å². The number of amides is 2. The van der Waals surface area contributed by atoms with Crippen LogP contribution >= 0.6 is 0 Å². The van der Waals surface area contributed by atoms with Crippen LogP contribution in [0.15, 0.2) is 18.5 Å². The van der Waals surface area contributed by atoms with E-state index >= 15 is 0 Å². The molecule has 1 saturated heterocycles. The summed E-state index contributed by atoms with van der Waals surface area (Å²) in [5.74, 6) is 1.35. The number of aromatic nitrogens is 2. The van der Waals surface area contributed by atoms with Gasteiger partial charge in [0.2, 0.25) is 17.8 Å². The fourth-order valence-corrected chi connectivity index (χ4v) is 2.59. The predicted molar refractivity (Wildman–Crippen MR) is 92.5 cm³/mol.